The van der Waals surface area contributed by atoms with E-state index >= 15 is 0 Å². The van der Waals surface area contributed by atoms with Crippen LogP contribution in [0.25, 0.3) is 0 Å². The van der Waals surface area contributed by atoms with Gasteiger partial charge in [-0.1, -0.05) is 17.7 Å². The highest BCUT2D eigenvalue weighted by atomic mass is 16.5. The molecule has 0 aliphatic rings. The fourth-order valence-corrected chi connectivity index (χ4v) is 1.96. The van der Waals surface area contributed by atoms with Crippen molar-refractivity contribution in [3.8, 4) is 5.75 Å². The van der Waals surface area contributed by atoms with Gasteiger partial charge in [-0.2, -0.15) is 0 Å². The quantitative estimate of drug-likeness (QED) is 0.852. The highest BCUT2D eigenvalue weighted by molar-refractivity contribution is 5.92. The number of hydrogen-bond acceptors (Lipinski definition) is 3. The van der Waals surface area contributed by atoms with Gasteiger partial charge in [-0.15, -0.1) is 0 Å². The molecule has 0 aromatic heterocycles. The second kappa shape index (κ2) is 7.50. The van der Waals surface area contributed by atoms with Crippen LogP contribution < -0.4 is 15.4 Å². The Labute approximate surface area is 131 Å². The maximum absolute atomic E-state index is 11.9. The summed E-state index contributed by atoms with van der Waals surface area (Å²) >= 11 is 0. The van der Waals surface area contributed by atoms with E-state index in [2.05, 4.69) is 24.5 Å². The fraction of sp³-hybridized carbons (Fsp3) is 0.278. The number of anilines is 2. The van der Waals surface area contributed by atoms with Gasteiger partial charge in [0.05, 0.1) is 0 Å². The Morgan fingerprint density at radius 3 is 2.18 bits per heavy atom. The SMILES string of the molecule is Cc1ccc(OCC(=O)Nc2ccc(NC(C)C)cc2)cc1. The van der Waals surface area contributed by atoms with Gasteiger partial charge in [-0.25, -0.2) is 0 Å². The van der Waals surface area contributed by atoms with E-state index in [0.717, 1.165) is 16.9 Å². The van der Waals surface area contributed by atoms with Gasteiger partial charge in [-0.3, -0.25) is 4.79 Å². The van der Waals surface area contributed by atoms with E-state index in [1.54, 1.807) is 0 Å². The molecule has 0 spiro atoms. The minimum absolute atomic E-state index is 0.00490. The Balaban J connectivity index is 1.82. The summed E-state index contributed by atoms with van der Waals surface area (Å²) in [5.74, 6) is 0.516. The summed E-state index contributed by atoms with van der Waals surface area (Å²) in [6.45, 7) is 6.17. The van der Waals surface area contributed by atoms with E-state index < -0.39 is 0 Å². The lowest BCUT2D eigenvalue weighted by Gasteiger charge is -2.11. The molecule has 4 heteroatoms. The molecule has 2 N–H and O–H groups in total. The van der Waals surface area contributed by atoms with Gasteiger partial charge in [0.25, 0.3) is 5.91 Å². The van der Waals surface area contributed by atoms with E-state index in [-0.39, 0.29) is 12.5 Å². The second-order valence-corrected chi connectivity index (χ2v) is 5.53. The Morgan fingerprint density at radius 1 is 1.00 bits per heavy atom. The molecule has 22 heavy (non-hydrogen) atoms. The molecule has 2 aromatic rings. The van der Waals surface area contributed by atoms with Crippen molar-refractivity contribution in [2.24, 2.45) is 0 Å². The molecule has 0 aliphatic heterocycles. The van der Waals surface area contributed by atoms with Crippen molar-refractivity contribution in [1.29, 1.82) is 0 Å². The van der Waals surface area contributed by atoms with E-state index in [0.29, 0.717) is 11.8 Å². The van der Waals surface area contributed by atoms with Gasteiger partial charge in [0.15, 0.2) is 6.61 Å². The van der Waals surface area contributed by atoms with E-state index in [1.165, 1.54) is 0 Å². The maximum atomic E-state index is 11.9. The number of carbonyl (C=O) groups excluding carboxylic acids is 1. The van der Waals surface area contributed by atoms with Crippen molar-refractivity contribution in [1.82, 2.24) is 0 Å². The molecule has 0 atom stereocenters. The van der Waals surface area contributed by atoms with Crippen LogP contribution in [0.3, 0.4) is 0 Å². The lowest BCUT2D eigenvalue weighted by atomic mass is 10.2. The molecule has 0 heterocycles. The number of aryl methyl sites for hydroxylation is 1. The van der Waals surface area contributed by atoms with Crippen LogP contribution >= 0.6 is 0 Å². The molecule has 2 rings (SSSR count). The van der Waals surface area contributed by atoms with Gasteiger partial charge in [0.2, 0.25) is 0 Å². The molecular weight excluding hydrogens is 276 g/mol. The van der Waals surface area contributed by atoms with Crippen molar-refractivity contribution >= 4 is 17.3 Å². The maximum Gasteiger partial charge on any atom is 0.262 e. The Morgan fingerprint density at radius 2 is 1.59 bits per heavy atom. The second-order valence-electron chi connectivity index (χ2n) is 5.53. The van der Waals surface area contributed by atoms with Crippen molar-refractivity contribution in [3.05, 3.63) is 54.1 Å². The summed E-state index contributed by atoms with van der Waals surface area (Å²) in [5.41, 5.74) is 2.95. The Hall–Kier alpha value is -2.49. The predicted octanol–water partition coefficient (Wildman–Crippen LogP) is 3.83. The topological polar surface area (TPSA) is 50.4 Å². The van der Waals surface area contributed by atoms with Crippen LogP contribution in [-0.2, 0) is 4.79 Å². The Kier molecular flexibility index (Phi) is 5.42. The molecule has 0 saturated heterocycles. The van der Waals surface area contributed by atoms with Crippen molar-refractivity contribution in [2.45, 2.75) is 26.8 Å². The smallest absolute Gasteiger partial charge is 0.262 e. The van der Waals surface area contributed by atoms with E-state index in [4.69, 9.17) is 4.74 Å². The van der Waals surface area contributed by atoms with E-state index in [1.807, 2.05) is 55.5 Å². The van der Waals surface area contributed by atoms with Gasteiger partial charge in [0, 0.05) is 17.4 Å². The summed E-state index contributed by atoms with van der Waals surface area (Å²) < 4.78 is 5.45. The first-order valence-corrected chi connectivity index (χ1v) is 7.39. The summed E-state index contributed by atoms with van der Waals surface area (Å²) in [6, 6.07) is 15.6. The molecule has 0 fully saturated rings. The zero-order valence-corrected chi connectivity index (χ0v) is 13.2. The number of carbonyl (C=O) groups is 1. The molecule has 4 nitrogen and oxygen atoms in total. The molecule has 0 saturated carbocycles. The lowest BCUT2D eigenvalue weighted by molar-refractivity contribution is -0.118. The zero-order chi connectivity index (χ0) is 15.9. The van der Waals surface area contributed by atoms with Crippen LogP contribution in [-0.4, -0.2) is 18.6 Å². The summed E-state index contributed by atoms with van der Waals surface area (Å²) in [7, 11) is 0. The predicted molar refractivity (Wildman–Crippen MR) is 90.5 cm³/mol. The van der Waals surface area contributed by atoms with Crippen LogP contribution in [0.5, 0.6) is 5.75 Å². The van der Waals surface area contributed by atoms with Crippen LogP contribution in [0.1, 0.15) is 19.4 Å². The summed E-state index contributed by atoms with van der Waals surface area (Å²) in [4.78, 5) is 11.9. The number of ether oxygens (including phenoxy) is 1. The average Bonchev–Trinajstić information content (AvgIpc) is 2.48. The molecule has 0 bridgehead atoms. The number of hydrogen-bond donors (Lipinski definition) is 2. The monoisotopic (exact) mass is 298 g/mol. The summed E-state index contributed by atoms with van der Waals surface area (Å²) in [6.07, 6.45) is 0. The molecule has 1 amide bonds. The third-order valence-corrected chi connectivity index (χ3v) is 3.01. The van der Waals surface area contributed by atoms with Gasteiger partial charge < -0.3 is 15.4 Å². The van der Waals surface area contributed by atoms with Crippen molar-refractivity contribution < 1.29 is 9.53 Å². The van der Waals surface area contributed by atoms with Crippen LogP contribution in [0.4, 0.5) is 11.4 Å². The Bertz CT molecular complexity index is 604. The third-order valence-electron chi connectivity index (χ3n) is 3.01. The van der Waals surface area contributed by atoms with Gasteiger partial charge in [0.1, 0.15) is 5.75 Å². The summed E-state index contributed by atoms with van der Waals surface area (Å²) in [5, 5.41) is 6.11. The highest BCUT2D eigenvalue weighted by Gasteiger charge is 2.04. The van der Waals surface area contributed by atoms with E-state index in [9.17, 15) is 4.79 Å². The number of benzene rings is 2. The van der Waals surface area contributed by atoms with Crippen LogP contribution in [0, 0.1) is 6.92 Å². The van der Waals surface area contributed by atoms with Gasteiger partial charge >= 0.3 is 0 Å². The lowest BCUT2D eigenvalue weighted by Crippen LogP contribution is -2.20. The largest absolute Gasteiger partial charge is 0.484 e. The van der Waals surface area contributed by atoms with Crippen molar-refractivity contribution in [3.63, 3.8) is 0 Å². The van der Waals surface area contributed by atoms with Gasteiger partial charge in [-0.05, 0) is 57.2 Å². The van der Waals surface area contributed by atoms with Crippen molar-refractivity contribution in [2.75, 3.05) is 17.2 Å². The number of amides is 1. The fourth-order valence-electron chi connectivity index (χ4n) is 1.96. The molecule has 0 unspecified atom stereocenters. The standard InChI is InChI=1S/C18H22N2O2/c1-13(2)19-15-6-8-16(9-7-15)20-18(21)12-22-17-10-4-14(3)5-11-17/h4-11,13,19H,12H2,1-3H3,(H,20,21). The normalized spacial score (nSPS) is 10.4. The van der Waals surface area contributed by atoms with Crippen LogP contribution in [0.2, 0.25) is 0 Å². The molecule has 2 aromatic carbocycles. The first kappa shape index (κ1) is 15.9. The first-order valence-electron chi connectivity index (χ1n) is 7.39. The molecule has 0 aliphatic carbocycles. The minimum Gasteiger partial charge on any atom is -0.484 e. The third kappa shape index (κ3) is 5.13. The van der Waals surface area contributed by atoms with Crippen LogP contribution in [0.15, 0.2) is 48.5 Å². The highest BCUT2D eigenvalue weighted by Crippen LogP contribution is 2.15. The number of rotatable bonds is 6. The molecule has 0 radical (unpaired) electrons. The average molecular weight is 298 g/mol. The first-order chi connectivity index (χ1) is 10.5. The molecular formula is C18H22N2O2. The number of nitrogens with one attached hydrogen (secondary N) is 2. The zero-order valence-electron chi connectivity index (χ0n) is 13.2. The minimum atomic E-state index is -0.176. The molecule has 116 valence electrons.